The Morgan fingerprint density at radius 1 is 0.682 bits per heavy atom. The molecule has 0 saturated carbocycles. The van der Waals surface area contributed by atoms with Gasteiger partial charge in [0.1, 0.15) is 0 Å². The van der Waals surface area contributed by atoms with Crippen LogP contribution in [0.4, 0.5) is 0 Å². The first-order valence-corrected chi connectivity index (χ1v) is 8.54. The Morgan fingerprint density at radius 3 is 1.59 bits per heavy atom. The van der Waals surface area contributed by atoms with Gasteiger partial charge in [-0.2, -0.15) is 0 Å². The molecule has 3 rings (SSSR count). The third-order valence-corrected chi connectivity index (χ3v) is 5.38. The molecule has 0 saturated heterocycles. The Morgan fingerprint density at radius 2 is 1.14 bits per heavy atom. The van der Waals surface area contributed by atoms with Crippen LogP contribution >= 0.6 is 0 Å². The van der Waals surface area contributed by atoms with Crippen LogP contribution in [0.3, 0.4) is 0 Å². The summed E-state index contributed by atoms with van der Waals surface area (Å²) >= 11 is 0. The van der Waals surface area contributed by atoms with Gasteiger partial charge in [0.2, 0.25) is 0 Å². The number of rotatable bonds is 4. The van der Waals surface area contributed by atoms with Gasteiger partial charge in [-0.1, -0.05) is 78.4 Å². The molecule has 0 bridgehead atoms. The van der Waals surface area contributed by atoms with Crippen LogP contribution in [0.15, 0.2) is 89.8 Å². The lowest BCUT2D eigenvalue weighted by Gasteiger charge is -2.18. The van der Waals surface area contributed by atoms with Crippen molar-refractivity contribution in [1.29, 1.82) is 0 Å². The summed E-state index contributed by atoms with van der Waals surface area (Å²) in [5.41, 5.74) is 3.33. The second-order valence-electron chi connectivity index (χ2n) is 5.31. The zero-order valence-electron chi connectivity index (χ0n) is 12.5. The molecule has 2 heteroatoms. The summed E-state index contributed by atoms with van der Waals surface area (Å²) in [5.74, 6) is 0. The van der Waals surface area contributed by atoms with Gasteiger partial charge >= 0.3 is 0 Å². The number of aryl methyl sites for hydroxylation is 1. The minimum atomic E-state index is -1.13. The minimum Gasteiger partial charge on any atom is -0.253 e. The smallest absolute Gasteiger partial charge is 0.0893 e. The van der Waals surface area contributed by atoms with Crippen molar-refractivity contribution in [2.45, 2.75) is 17.1 Å². The lowest BCUT2D eigenvalue weighted by molar-refractivity contribution is 0.678. The summed E-state index contributed by atoms with van der Waals surface area (Å²) in [5, 5.41) is -0.148. The van der Waals surface area contributed by atoms with Gasteiger partial charge in [-0.05, 0) is 30.2 Å². The van der Waals surface area contributed by atoms with E-state index in [9.17, 15) is 4.21 Å². The molecule has 110 valence electrons. The Hall–Kier alpha value is -2.19. The lowest BCUT2D eigenvalue weighted by atomic mass is 10.0. The Balaban J connectivity index is 2.06. The average molecular weight is 306 g/mol. The van der Waals surface area contributed by atoms with Crippen LogP contribution in [-0.2, 0) is 10.8 Å². The highest BCUT2D eigenvalue weighted by molar-refractivity contribution is 7.85. The van der Waals surface area contributed by atoms with Gasteiger partial charge in [0, 0.05) is 4.90 Å². The fraction of sp³-hybridized carbons (Fsp3) is 0.100. The first kappa shape index (κ1) is 14.7. The van der Waals surface area contributed by atoms with Crippen molar-refractivity contribution >= 4 is 10.8 Å². The maximum absolute atomic E-state index is 13.2. The summed E-state index contributed by atoms with van der Waals surface area (Å²) in [6.45, 7) is 2.04. The summed E-state index contributed by atoms with van der Waals surface area (Å²) in [6.07, 6.45) is 0. The molecule has 0 unspecified atom stereocenters. The van der Waals surface area contributed by atoms with Crippen molar-refractivity contribution in [3.8, 4) is 0 Å². The van der Waals surface area contributed by atoms with Crippen molar-refractivity contribution < 1.29 is 4.21 Å². The molecule has 0 N–H and O–H groups in total. The Labute approximate surface area is 134 Å². The molecule has 1 atom stereocenters. The van der Waals surface area contributed by atoms with Crippen LogP contribution in [0.1, 0.15) is 21.9 Å². The first-order valence-electron chi connectivity index (χ1n) is 7.33. The minimum absolute atomic E-state index is 0.148. The van der Waals surface area contributed by atoms with E-state index in [2.05, 4.69) is 0 Å². The van der Waals surface area contributed by atoms with Gasteiger partial charge in [0.15, 0.2) is 0 Å². The van der Waals surface area contributed by atoms with Crippen LogP contribution in [-0.4, -0.2) is 4.21 Å². The molecule has 3 aromatic rings. The molecule has 0 aromatic heterocycles. The number of hydrogen-bond acceptors (Lipinski definition) is 1. The second kappa shape index (κ2) is 6.71. The molecule has 1 nitrogen and oxygen atoms in total. The molecular weight excluding hydrogens is 288 g/mol. The van der Waals surface area contributed by atoms with Crippen molar-refractivity contribution in [2.75, 3.05) is 0 Å². The molecular formula is C20H18OS. The van der Waals surface area contributed by atoms with Gasteiger partial charge in [-0.25, -0.2) is 0 Å². The molecule has 22 heavy (non-hydrogen) atoms. The highest BCUT2D eigenvalue weighted by Gasteiger charge is 2.22. The first-order chi connectivity index (χ1) is 10.8. The maximum Gasteiger partial charge on any atom is 0.0893 e. The van der Waals surface area contributed by atoms with Crippen LogP contribution < -0.4 is 0 Å². The van der Waals surface area contributed by atoms with Gasteiger partial charge < -0.3 is 0 Å². The zero-order chi connectivity index (χ0) is 15.4. The van der Waals surface area contributed by atoms with Gasteiger partial charge in [0.25, 0.3) is 0 Å². The number of hydrogen-bond donors (Lipinski definition) is 0. The molecule has 0 aliphatic heterocycles. The van der Waals surface area contributed by atoms with Crippen molar-refractivity contribution in [3.63, 3.8) is 0 Å². The molecule has 0 spiro atoms. The van der Waals surface area contributed by atoms with E-state index >= 15 is 0 Å². The monoisotopic (exact) mass is 306 g/mol. The number of benzene rings is 3. The average Bonchev–Trinajstić information content (AvgIpc) is 2.57. The van der Waals surface area contributed by atoms with E-state index in [1.807, 2.05) is 91.9 Å². The van der Waals surface area contributed by atoms with Crippen molar-refractivity contribution in [2.24, 2.45) is 0 Å². The normalized spacial score (nSPS) is 12.3. The van der Waals surface area contributed by atoms with E-state index in [-0.39, 0.29) is 5.25 Å². The summed E-state index contributed by atoms with van der Waals surface area (Å²) in [6, 6.07) is 28.1. The van der Waals surface area contributed by atoms with Gasteiger partial charge in [-0.15, -0.1) is 0 Å². The molecule has 0 fully saturated rings. The third-order valence-electron chi connectivity index (χ3n) is 3.67. The molecule has 0 heterocycles. The van der Waals surface area contributed by atoms with E-state index in [0.29, 0.717) is 0 Å². The molecule has 0 aliphatic carbocycles. The topological polar surface area (TPSA) is 17.1 Å². The lowest BCUT2D eigenvalue weighted by Crippen LogP contribution is -2.09. The Kier molecular flexibility index (Phi) is 4.50. The standard InChI is InChI=1S/C20H18OS/c1-16-12-14-19(15-13-16)22(21)20(17-8-4-2-5-9-17)18-10-6-3-7-11-18/h2-15,20H,1H3/t22-/m1/s1. The summed E-state index contributed by atoms with van der Waals surface area (Å²) < 4.78 is 13.2. The Bertz CT molecular complexity index is 709. The summed E-state index contributed by atoms with van der Waals surface area (Å²) in [4.78, 5) is 0.864. The van der Waals surface area contributed by atoms with Crippen LogP contribution in [0.5, 0.6) is 0 Å². The van der Waals surface area contributed by atoms with E-state index in [0.717, 1.165) is 16.0 Å². The van der Waals surface area contributed by atoms with Crippen molar-refractivity contribution in [1.82, 2.24) is 0 Å². The largest absolute Gasteiger partial charge is 0.253 e. The van der Waals surface area contributed by atoms with Gasteiger partial charge in [0.05, 0.1) is 16.0 Å². The third kappa shape index (κ3) is 3.18. The van der Waals surface area contributed by atoms with Crippen LogP contribution in [0.2, 0.25) is 0 Å². The fourth-order valence-electron chi connectivity index (χ4n) is 2.50. The van der Waals surface area contributed by atoms with E-state index in [1.54, 1.807) is 0 Å². The van der Waals surface area contributed by atoms with Crippen LogP contribution in [0.25, 0.3) is 0 Å². The SMILES string of the molecule is Cc1ccc([S@@](=O)C(c2ccccc2)c2ccccc2)cc1. The van der Waals surface area contributed by atoms with Crippen LogP contribution in [0, 0.1) is 6.92 Å². The second-order valence-corrected chi connectivity index (χ2v) is 6.85. The highest BCUT2D eigenvalue weighted by Crippen LogP contribution is 2.31. The predicted molar refractivity (Wildman–Crippen MR) is 92.3 cm³/mol. The van der Waals surface area contributed by atoms with E-state index in [1.165, 1.54) is 5.56 Å². The fourth-order valence-corrected chi connectivity index (χ4v) is 3.99. The quantitative estimate of drug-likeness (QED) is 0.670. The highest BCUT2D eigenvalue weighted by atomic mass is 32.2. The van der Waals surface area contributed by atoms with Crippen molar-refractivity contribution in [3.05, 3.63) is 102 Å². The molecule has 0 aliphatic rings. The summed E-state index contributed by atoms with van der Waals surface area (Å²) in [7, 11) is -1.13. The maximum atomic E-state index is 13.2. The molecule has 0 amide bonds. The zero-order valence-corrected chi connectivity index (χ0v) is 13.3. The van der Waals surface area contributed by atoms with E-state index < -0.39 is 10.8 Å². The molecule has 3 aromatic carbocycles. The van der Waals surface area contributed by atoms with Gasteiger partial charge in [-0.3, -0.25) is 4.21 Å². The van der Waals surface area contributed by atoms with E-state index in [4.69, 9.17) is 0 Å². The molecule has 0 radical (unpaired) electrons. The predicted octanol–water partition coefficient (Wildman–Crippen LogP) is 4.89.